The molecule has 228 valence electrons. The van der Waals surface area contributed by atoms with E-state index in [0.717, 1.165) is 35.2 Å². The van der Waals surface area contributed by atoms with E-state index in [1.165, 1.54) is 59.2 Å². The van der Waals surface area contributed by atoms with Gasteiger partial charge < -0.3 is 9.64 Å². The van der Waals surface area contributed by atoms with E-state index in [9.17, 15) is 22.4 Å². The van der Waals surface area contributed by atoms with Crippen molar-refractivity contribution in [2.24, 2.45) is 9.98 Å². The Labute approximate surface area is 255 Å². The average Bonchev–Trinajstić information content (AvgIpc) is 3.47. The number of nitrogens with zero attached hydrogens (tertiary/aromatic N) is 6. The Morgan fingerprint density at radius 1 is 1.07 bits per heavy atom. The van der Waals surface area contributed by atoms with Crippen molar-refractivity contribution in [3.05, 3.63) is 89.7 Å². The van der Waals surface area contributed by atoms with Crippen LogP contribution >= 0.6 is 11.8 Å². The van der Waals surface area contributed by atoms with Crippen LogP contribution in [0.4, 0.5) is 28.0 Å². The summed E-state index contributed by atoms with van der Waals surface area (Å²) in [6.07, 6.45) is -3.16. The standard InChI is InChI=1S/C31H28F4N6O2S/c1-19-5-4-6-20(2)27(19)41-21(3)15-16-44-30(41)38-29(42)36-17-26(32)22-7-9-23(10-8-22)28-37-18-40(39-28)24-11-13-25(14-12-24)43-31(33,34)35/h4-14,17-18,21,26H,15-16H2,1-3H3. The van der Waals surface area contributed by atoms with E-state index in [1.807, 2.05) is 32.0 Å². The number of amidine groups is 1. The number of rotatable bonds is 6. The molecule has 44 heavy (non-hydrogen) atoms. The monoisotopic (exact) mass is 624 g/mol. The zero-order valence-corrected chi connectivity index (χ0v) is 24.8. The molecule has 2 heterocycles. The Balaban J connectivity index is 1.25. The van der Waals surface area contributed by atoms with Gasteiger partial charge >= 0.3 is 12.4 Å². The summed E-state index contributed by atoms with van der Waals surface area (Å²) in [6, 6.07) is 16.9. The molecule has 0 spiro atoms. The number of para-hydroxylation sites is 1. The zero-order valence-electron chi connectivity index (χ0n) is 24.0. The number of urea groups is 1. The molecule has 3 aromatic carbocycles. The van der Waals surface area contributed by atoms with Gasteiger partial charge in [-0.1, -0.05) is 54.2 Å². The summed E-state index contributed by atoms with van der Waals surface area (Å²) < 4.78 is 57.5. The van der Waals surface area contributed by atoms with Crippen LogP contribution in [-0.2, 0) is 0 Å². The van der Waals surface area contributed by atoms with Crippen LogP contribution in [0.5, 0.6) is 5.75 Å². The molecule has 0 N–H and O–H groups in total. The molecule has 2 amide bonds. The van der Waals surface area contributed by atoms with Gasteiger partial charge in [0.1, 0.15) is 12.1 Å². The van der Waals surface area contributed by atoms with Crippen molar-refractivity contribution in [3.8, 4) is 22.8 Å². The first-order chi connectivity index (χ1) is 21.0. The minimum atomic E-state index is -4.78. The van der Waals surface area contributed by atoms with Crippen LogP contribution in [0.15, 0.2) is 83.0 Å². The summed E-state index contributed by atoms with van der Waals surface area (Å²) >= 11 is 1.48. The predicted octanol–water partition coefficient (Wildman–Crippen LogP) is 8.04. The van der Waals surface area contributed by atoms with Crippen LogP contribution in [-0.4, -0.2) is 50.3 Å². The summed E-state index contributed by atoms with van der Waals surface area (Å²) in [6.45, 7) is 6.13. The summed E-state index contributed by atoms with van der Waals surface area (Å²) in [7, 11) is 0. The van der Waals surface area contributed by atoms with E-state index in [2.05, 4.69) is 36.6 Å². The van der Waals surface area contributed by atoms with Crippen molar-refractivity contribution in [3.63, 3.8) is 0 Å². The van der Waals surface area contributed by atoms with Gasteiger partial charge in [0.15, 0.2) is 17.2 Å². The van der Waals surface area contributed by atoms with Crippen LogP contribution in [0.1, 0.15) is 36.2 Å². The maximum atomic E-state index is 15.0. The Morgan fingerprint density at radius 2 is 1.75 bits per heavy atom. The molecule has 2 unspecified atom stereocenters. The normalized spacial score (nSPS) is 17.3. The zero-order chi connectivity index (χ0) is 31.4. The maximum Gasteiger partial charge on any atom is 0.573 e. The lowest BCUT2D eigenvalue weighted by atomic mass is 10.1. The van der Waals surface area contributed by atoms with Gasteiger partial charge in [0.2, 0.25) is 0 Å². The molecule has 1 aliphatic rings. The molecular formula is C31H28F4N6O2S. The molecule has 1 aliphatic heterocycles. The molecular weight excluding hydrogens is 596 g/mol. The fourth-order valence-electron chi connectivity index (χ4n) is 4.76. The number of aromatic nitrogens is 3. The van der Waals surface area contributed by atoms with Gasteiger partial charge in [-0.3, -0.25) is 0 Å². The van der Waals surface area contributed by atoms with Gasteiger partial charge in [0, 0.05) is 29.3 Å². The second-order valence-corrected chi connectivity index (χ2v) is 11.2. The van der Waals surface area contributed by atoms with E-state index >= 15 is 0 Å². The molecule has 8 nitrogen and oxygen atoms in total. The largest absolute Gasteiger partial charge is 0.573 e. The van der Waals surface area contributed by atoms with Gasteiger partial charge in [-0.05, 0) is 68.1 Å². The topological polar surface area (TPSA) is 85.0 Å². The first kappa shape index (κ1) is 30.9. The van der Waals surface area contributed by atoms with E-state index in [-0.39, 0.29) is 17.4 Å². The predicted molar refractivity (Wildman–Crippen MR) is 164 cm³/mol. The second-order valence-electron chi connectivity index (χ2n) is 10.1. The van der Waals surface area contributed by atoms with Crippen LogP contribution in [0.25, 0.3) is 17.1 Å². The quantitative estimate of drug-likeness (QED) is 0.160. The smallest absolute Gasteiger partial charge is 0.406 e. The number of aliphatic imine (C=N–C) groups is 2. The number of thioether (sulfide) groups is 1. The fraction of sp³-hybridized carbons (Fsp3) is 0.258. The van der Waals surface area contributed by atoms with E-state index < -0.39 is 18.6 Å². The highest BCUT2D eigenvalue weighted by Gasteiger charge is 2.31. The summed E-state index contributed by atoms with van der Waals surface area (Å²) in [4.78, 5) is 27.0. The highest BCUT2D eigenvalue weighted by atomic mass is 32.2. The molecule has 1 fully saturated rings. The van der Waals surface area contributed by atoms with Gasteiger partial charge in [0.05, 0.1) is 5.69 Å². The molecule has 5 rings (SSSR count). The lowest BCUT2D eigenvalue weighted by Gasteiger charge is -2.37. The van der Waals surface area contributed by atoms with Crippen LogP contribution in [0, 0.1) is 13.8 Å². The number of carbonyl (C=O) groups excluding carboxylic acids is 1. The number of hydrogen-bond donors (Lipinski definition) is 0. The third kappa shape index (κ3) is 7.33. The number of halogens is 4. The van der Waals surface area contributed by atoms with E-state index in [0.29, 0.717) is 22.2 Å². The van der Waals surface area contributed by atoms with Gasteiger partial charge in [-0.25, -0.2) is 23.8 Å². The minimum absolute atomic E-state index is 0.137. The Kier molecular flexibility index (Phi) is 9.14. The Morgan fingerprint density at radius 3 is 2.41 bits per heavy atom. The fourth-order valence-corrected chi connectivity index (χ4v) is 5.95. The molecule has 0 radical (unpaired) electrons. The Hall–Kier alpha value is -4.52. The highest BCUT2D eigenvalue weighted by molar-refractivity contribution is 8.14. The van der Waals surface area contributed by atoms with Crippen LogP contribution < -0.4 is 9.64 Å². The summed E-state index contributed by atoms with van der Waals surface area (Å²) in [5, 5.41) is 4.89. The molecule has 0 aliphatic carbocycles. The molecule has 4 aromatic rings. The molecule has 0 saturated carbocycles. The maximum absolute atomic E-state index is 15.0. The molecule has 13 heteroatoms. The van der Waals surface area contributed by atoms with E-state index in [4.69, 9.17) is 0 Å². The average molecular weight is 625 g/mol. The first-order valence-corrected chi connectivity index (χ1v) is 14.6. The number of aryl methyl sites for hydroxylation is 2. The van der Waals surface area contributed by atoms with Crippen molar-refractivity contribution in [2.75, 3.05) is 10.7 Å². The van der Waals surface area contributed by atoms with Crippen molar-refractivity contribution < 1.29 is 27.1 Å². The van der Waals surface area contributed by atoms with Crippen LogP contribution in [0.2, 0.25) is 0 Å². The van der Waals surface area contributed by atoms with Crippen molar-refractivity contribution in [1.82, 2.24) is 14.8 Å². The first-order valence-electron chi connectivity index (χ1n) is 13.7. The van der Waals surface area contributed by atoms with Crippen molar-refractivity contribution >= 4 is 34.9 Å². The third-order valence-electron chi connectivity index (χ3n) is 6.92. The molecule has 1 aromatic heterocycles. The van der Waals surface area contributed by atoms with E-state index in [1.54, 1.807) is 12.1 Å². The molecule has 2 atom stereocenters. The van der Waals surface area contributed by atoms with Crippen LogP contribution in [0.3, 0.4) is 0 Å². The number of hydrogen-bond acceptors (Lipinski definition) is 5. The number of benzene rings is 3. The highest BCUT2D eigenvalue weighted by Crippen LogP contribution is 2.34. The molecule has 0 bridgehead atoms. The van der Waals surface area contributed by atoms with Crippen molar-refractivity contribution in [1.29, 1.82) is 0 Å². The lowest BCUT2D eigenvalue weighted by molar-refractivity contribution is -0.274. The minimum Gasteiger partial charge on any atom is -0.406 e. The number of amides is 2. The second kappa shape index (κ2) is 13.0. The lowest BCUT2D eigenvalue weighted by Crippen LogP contribution is -2.42. The van der Waals surface area contributed by atoms with Gasteiger partial charge in [-0.2, -0.15) is 4.99 Å². The SMILES string of the molecule is Cc1cccc(C)c1N1C(=NC(=O)N=CC(F)c2ccc(-c3ncn(-c4ccc(OC(F)(F)F)cc4)n3)cc2)SCCC1C. The van der Waals surface area contributed by atoms with Crippen molar-refractivity contribution in [2.45, 2.75) is 45.8 Å². The summed E-state index contributed by atoms with van der Waals surface area (Å²) in [5.41, 5.74) is 4.50. The number of ether oxygens (including phenoxy) is 1. The van der Waals surface area contributed by atoms with Gasteiger partial charge in [0.25, 0.3) is 0 Å². The molecule has 1 saturated heterocycles. The third-order valence-corrected chi connectivity index (χ3v) is 7.90. The number of alkyl halides is 4. The Bertz CT molecular complexity index is 1670. The number of carbonyl (C=O) groups is 1. The van der Waals surface area contributed by atoms with Gasteiger partial charge in [-0.15, -0.1) is 18.3 Å². The summed E-state index contributed by atoms with van der Waals surface area (Å²) in [5.74, 6) is 0.791. The number of anilines is 1.